The van der Waals surface area contributed by atoms with Gasteiger partial charge in [-0.2, -0.15) is 0 Å². The number of aromatic nitrogens is 1. The van der Waals surface area contributed by atoms with Gasteiger partial charge >= 0.3 is 0 Å². The number of hydrogen-bond acceptors (Lipinski definition) is 5. The van der Waals surface area contributed by atoms with E-state index in [1.54, 1.807) is 24.3 Å². The number of oxazole rings is 1. The molecule has 34 heavy (non-hydrogen) atoms. The molecule has 5 rings (SSSR count). The molecule has 0 spiro atoms. The van der Waals surface area contributed by atoms with Crippen LogP contribution in [0.1, 0.15) is 16.1 Å². The van der Waals surface area contributed by atoms with E-state index in [-0.39, 0.29) is 10.9 Å². The second-order valence-electron chi connectivity index (χ2n) is 7.49. The Morgan fingerprint density at radius 2 is 1.62 bits per heavy atom. The summed E-state index contributed by atoms with van der Waals surface area (Å²) in [5, 5.41) is 6.50. The van der Waals surface area contributed by atoms with Gasteiger partial charge in [-0.05, 0) is 78.4 Å². The van der Waals surface area contributed by atoms with Crippen molar-refractivity contribution in [2.24, 2.45) is 0 Å². The van der Waals surface area contributed by atoms with Crippen molar-refractivity contribution in [1.29, 1.82) is 0 Å². The summed E-state index contributed by atoms with van der Waals surface area (Å²) in [6.45, 7) is 0.446. The Morgan fingerprint density at radius 3 is 2.38 bits per heavy atom. The number of para-hydroxylation sites is 2. The van der Waals surface area contributed by atoms with E-state index >= 15 is 0 Å². The molecule has 0 saturated heterocycles. The van der Waals surface area contributed by atoms with Crippen LogP contribution in [0.2, 0.25) is 5.02 Å². The smallest absolute Gasteiger partial charge is 0.293 e. The molecule has 0 bridgehead atoms. The number of benzene rings is 3. The van der Waals surface area contributed by atoms with Gasteiger partial charge in [0.25, 0.3) is 5.91 Å². The molecule has 1 amide bonds. The first-order chi connectivity index (χ1) is 16.5. The monoisotopic (exact) mass is 487 g/mol. The maximum atomic E-state index is 12.5. The number of nitrogens with zero attached hydrogens (tertiary/aromatic N) is 1. The van der Waals surface area contributed by atoms with E-state index in [9.17, 15) is 4.79 Å². The van der Waals surface area contributed by atoms with Crippen LogP contribution in [0.25, 0.3) is 33.9 Å². The molecular weight excluding hydrogens is 470 g/mol. The largest absolute Gasteiger partial charge is 0.451 e. The highest BCUT2D eigenvalue weighted by atomic mass is 35.5. The molecule has 2 heterocycles. The third-order valence-electron chi connectivity index (χ3n) is 5.13. The van der Waals surface area contributed by atoms with E-state index in [4.69, 9.17) is 32.7 Å². The van der Waals surface area contributed by atoms with Crippen LogP contribution in [0.5, 0.6) is 0 Å². The van der Waals surface area contributed by atoms with Crippen LogP contribution in [0.4, 0.5) is 0 Å². The van der Waals surface area contributed by atoms with Crippen molar-refractivity contribution in [2.75, 3.05) is 0 Å². The van der Waals surface area contributed by atoms with E-state index < -0.39 is 5.91 Å². The fourth-order valence-corrected chi connectivity index (χ4v) is 3.67. The summed E-state index contributed by atoms with van der Waals surface area (Å²) in [6, 6.07) is 25.9. The minimum atomic E-state index is -0.427. The zero-order chi connectivity index (χ0) is 23.5. The van der Waals surface area contributed by atoms with Crippen molar-refractivity contribution in [3.05, 3.63) is 101 Å². The average Bonchev–Trinajstić information content (AvgIpc) is 3.51. The number of nitrogens with one attached hydrogen (secondary N) is 2. The number of hydrogen-bond donors (Lipinski definition) is 2. The lowest BCUT2D eigenvalue weighted by molar-refractivity contribution is 0.0950. The molecule has 2 N–H and O–H groups in total. The lowest BCUT2D eigenvalue weighted by Gasteiger charge is -2.09. The van der Waals surface area contributed by atoms with Crippen molar-refractivity contribution in [2.45, 2.75) is 6.54 Å². The molecule has 2 aromatic heterocycles. The summed E-state index contributed by atoms with van der Waals surface area (Å²) in [4.78, 5) is 17.0. The van der Waals surface area contributed by atoms with Crippen molar-refractivity contribution in [3.8, 4) is 22.8 Å². The Hall–Kier alpha value is -3.94. The minimum Gasteiger partial charge on any atom is -0.451 e. The van der Waals surface area contributed by atoms with Crippen molar-refractivity contribution in [3.63, 3.8) is 0 Å². The van der Waals surface area contributed by atoms with E-state index in [1.807, 2.05) is 60.7 Å². The highest BCUT2D eigenvalue weighted by Crippen LogP contribution is 2.25. The van der Waals surface area contributed by atoms with Crippen molar-refractivity contribution >= 4 is 45.9 Å². The number of thiocarbonyl (C=S) groups is 1. The van der Waals surface area contributed by atoms with Gasteiger partial charge in [-0.1, -0.05) is 35.9 Å². The van der Waals surface area contributed by atoms with Crippen molar-refractivity contribution < 1.29 is 13.6 Å². The van der Waals surface area contributed by atoms with Gasteiger partial charge in [0.05, 0.1) is 0 Å². The Kier molecular flexibility index (Phi) is 6.12. The Bertz CT molecular complexity index is 1440. The number of halogens is 1. The van der Waals surface area contributed by atoms with Gasteiger partial charge in [-0.15, -0.1) is 0 Å². The van der Waals surface area contributed by atoms with Crippen LogP contribution in [-0.2, 0) is 6.54 Å². The minimum absolute atomic E-state index is 0.164. The van der Waals surface area contributed by atoms with Gasteiger partial charge in [0, 0.05) is 22.7 Å². The maximum Gasteiger partial charge on any atom is 0.293 e. The standard InChI is InChI=1S/C26H18ClN3O3S/c27-19-11-9-17(10-12-19)21-13-14-23(32-21)24(31)30-26(34)28-15-16-5-7-18(8-6-16)25-29-20-3-1-2-4-22(20)33-25/h1-14H,15H2,(H2,28,30,31,34). The first-order valence-corrected chi connectivity index (χ1v) is 11.2. The summed E-state index contributed by atoms with van der Waals surface area (Å²) in [5.41, 5.74) is 4.26. The summed E-state index contributed by atoms with van der Waals surface area (Å²) in [7, 11) is 0. The Labute approximate surface area is 205 Å². The second kappa shape index (κ2) is 9.51. The molecule has 0 aliphatic rings. The predicted molar refractivity (Wildman–Crippen MR) is 136 cm³/mol. The Morgan fingerprint density at radius 1 is 0.882 bits per heavy atom. The number of amides is 1. The fraction of sp³-hybridized carbons (Fsp3) is 0.0385. The van der Waals surface area contributed by atoms with E-state index in [0.717, 1.165) is 27.8 Å². The highest BCUT2D eigenvalue weighted by molar-refractivity contribution is 7.80. The summed E-state index contributed by atoms with van der Waals surface area (Å²) in [5.74, 6) is 0.875. The third-order valence-corrected chi connectivity index (χ3v) is 5.63. The molecular formula is C26H18ClN3O3S. The van der Waals surface area contributed by atoms with E-state index in [1.165, 1.54) is 0 Å². The van der Waals surface area contributed by atoms with Gasteiger partial charge in [-0.3, -0.25) is 10.1 Å². The van der Waals surface area contributed by atoms with Crippen LogP contribution < -0.4 is 10.6 Å². The molecule has 0 radical (unpaired) electrons. The van der Waals surface area contributed by atoms with Crippen LogP contribution in [-0.4, -0.2) is 16.0 Å². The number of rotatable bonds is 5. The molecule has 8 heteroatoms. The van der Waals surface area contributed by atoms with Gasteiger partial charge < -0.3 is 14.2 Å². The van der Waals surface area contributed by atoms with Gasteiger partial charge in [0.15, 0.2) is 16.5 Å². The molecule has 0 unspecified atom stereocenters. The lowest BCUT2D eigenvalue weighted by atomic mass is 10.1. The molecule has 6 nitrogen and oxygen atoms in total. The molecule has 0 fully saturated rings. The molecule has 0 saturated carbocycles. The van der Waals surface area contributed by atoms with Crippen LogP contribution in [0.15, 0.2) is 93.8 Å². The van der Waals surface area contributed by atoms with E-state index in [0.29, 0.717) is 23.2 Å². The quantitative estimate of drug-likeness (QED) is 0.287. The molecule has 0 aliphatic heterocycles. The van der Waals surface area contributed by atoms with Crippen LogP contribution in [0.3, 0.4) is 0 Å². The van der Waals surface area contributed by atoms with Crippen molar-refractivity contribution in [1.82, 2.24) is 15.6 Å². The average molecular weight is 488 g/mol. The first kappa shape index (κ1) is 21.9. The maximum absolute atomic E-state index is 12.5. The summed E-state index contributed by atoms with van der Waals surface area (Å²) >= 11 is 11.2. The highest BCUT2D eigenvalue weighted by Gasteiger charge is 2.14. The third kappa shape index (κ3) is 4.85. The SMILES string of the molecule is O=C(NC(=S)NCc1ccc(-c2nc3ccccc3o2)cc1)c1ccc(-c2ccc(Cl)cc2)o1. The fourth-order valence-electron chi connectivity index (χ4n) is 3.38. The molecule has 3 aromatic carbocycles. The molecule has 0 atom stereocenters. The van der Waals surface area contributed by atoms with Crippen LogP contribution >= 0.6 is 23.8 Å². The normalized spacial score (nSPS) is 10.9. The zero-order valence-electron chi connectivity index (χ0n) is 17.7. The lowest BCUT2D eigenvalue weighted by Crippen LogP contribution is -2.38. The molecule has 0 aliphatic carbocycles. The Balaban J connectivity index is 1.16. The topological polar surface area (TPSA) is 80.3 Å². The molecule has 5 aromatic rings. The number of furan rings is 1. The summed E-state index contributed by atoms with van der Waals surface area (Å²) in [6.07, 6.45) is 0. The molecule has 168 valence electrons. The zero-order valence-corrected chi connectivity index (χ0v) is 19.3. The first-order valence-electron chi connectivity index (χ1n) is 10.4. The van der Waals surface area contributed by atoms with Gasteiger partial charge in [0.1, 0.15) is 11.3 Å². The predicted octanol–water partition coefficient (Wildman–Crippen LogP) is 6.21. The number of carbonyl (C=O) groups is 1. The summed E-state index contributed by atoms with van der Waals surface area (Å²) < 4.78 is 11.5. The van der Waals surface area contributed by atoms with Crippen LogP contribution in [0, 0.1) is 0 Å². The second-order valence-corrected chi connectivity index (χ2v) is 8.34. The number of carbonyl (C=O) groups excluding carboxylic acids is 1. The van der Waals surface area contributed by atoms with Gasteiger partial charge in [0.2, 0.25) is 5.89 Å². The number of fused-ring (bicyclic) bond motifs is 1. The van der Waals surface area contributed by atoms with E-state index in [2.05, 4.69) is 15.6 Å². The van der Waals surface area contributed by atoms with Gasteiger partial charge in [-0.25, -0.2) is 4.98 Å².